The largest absolute Gasteiger partial charge is 0.294 e. The Labute approximate surface area is 125 Å². The fourth-order valence-electron chi connectivity index (χ4n) is 3.08. The Morgan fingerprint density at radius 1 is 0.810 bits per heavy atom. The standard InChI is InChI=1S/C18H12O2S/c1-9(19)12-7-8-15-17-14(12)6-4-11-3-5-13(10(2)20)18(21-15)16(11)17/h3-8H,1-2H3. The van der Waals surface area contributed by atoms with E-state index >= 15 is 0 Å². The summed E-state index contributed by atoms with van der Waals surface area (Å²) in [6.45, 7) is 3.19. The summed E-state index contributed by atoms with van der Waals surface area (Å²) in [5.41, 5.74) is 1.51. The van der Waals surface area contributed by atoms with Gasteiger partial charge < -0.3 is 0 Å². The Bertz CT molecular complexity index is 1040. The lowest BCUT2D eigenvalue weighted by molar-refractivity contribution is 0.101. The summed E-state index contributed by atoms with van der Waals surface area (Å²) in [7, 11) is 0. The summed E-state index contributed by atoms with van der Waals surface area (Å²) >= 11 is 1.63. The molecule has 0 aliphatic heterocycles. The summed E-state index contributed by atoms with van der Waals surface area (Å²) in [6.07, 6.45) is 0. The van der Waals surface area contributed by atoms with Crippen LogP contribution in [0.3, 0.4) is 0 Å². The lowest BCUT2D eigenvalue weighted by atomic mass is 9.95. The van der Waals surface area contributed by atoms with Gasteiger partial charge in [0.05, 0.1) is 0 Å². The SMILES string of the molecule is CC(=O)c1ccc2sc3c(C(C)=O)ccc4ccc1c2c43. The van der Waals surface area contributed by atoms with E-state index < -0.39 is 0 Å². The van der Waals surface area contributed by atoms with Gasteiger partial charge >= 0.3 is 0 Å². The van der Waals surface area contributed by atoms with Crippen LogP contribution in [-0.2, 0) is 0 Å². The first kappa shape index (κ1) is 12.5. The molecule has 0 fully saturated rings. The van der Waals surface area contributed by atoms with E-state index in [4.69, 9.17) is 0 Å². The number of rotatable bonds is 2. The molecule has 0 bridgehead atoms. The molecular formula is C18H12O2S. The van der Waals surface area contributed by atoms with Crippen LogP contribution in [0.15, 0.2) is 36.4 Å². The predicted octanol–water partition coefficient (Wildman–Crippen LogP) is 5.05. The fourth-order valence-corrected chi connectivity index (χ4v) is 4.40. The molecule has 0 atom stereocenters. The second-order valence-corrected chi connectivity index (χ2v) is 6.41. The number of Topliss-reactive ketones (excluding diaryl/α,β-unsaturated/α-hetero) is 2. The number of carbonyl (C=O) groups is 2. The molecule has 0 amide bonds. The summed E-state index contributed by atoms with van der Waals surface area (Å²) in [6, 6.07) is 11.8. The molecule has 0 saturated carbocycles. The molecule has 4 rings (SSSR count). The number of ketones is 2. The van der Waals surface area contributed by atoms with Gasteiger partial charge in [-0.05, 0) is 42.8 Å². The molecule has 3 heteroatoms. The highest BCUT2D eigenvalue weighted by atomic mass is 32.1. The van der Waals surface area contributed by atoms with Crippen molar-refractivity contribution in [3.05, 3.63) is 47.5 Å². The van der Waals surface area contributed by atoms with Gasteiger partial charge in [0.2, 0.25) is 0 Å². The number of thiophene rings is 1. The van der Waals surface area contributed by atoms with Crippen molar-refractivity contribution < 1.29 is 9.59 Å². The van der Waals surface area contributed by atoms with Gasteiger partial charge in [0.25, 0.3) is 0 Å². The van der Waals surface area contributed by atoms with Crippen LogP contribution >= 0.6 is 11.3 Å². The molecule has 0 spiro atoms. The highest BCUT2D eigenvalue weighted by Gasteiger charge is 2.18. The average Bonchev–Trinajstić information content (AvgIpc) is 2.84. The van der Waals surface area contributed by atoms with Crippen molar-refractivity contribution in [1.82, 2.24) is 0 Å². The van der Waals surface area contributed by atoms with E-state index in [1.54, 1.807) is 25.2 Å². The zero-order chi connectivity index (χ0) is 14.7. The van der Waals surface area contributed by atoms with Crippen LogP contribution in [-0.4, -0.2) is 11.6 Å². The van der Waals surface area contributed by atoms with E-state index in [-0.39, 0.29) is 11.6 Å². The molecule has 102 valence electrons. The Balaban J connectivity index is 2.31. The highest BCUT2D eigenvalue weighted by molar-refractivity contribution is 7.26. The molecule has 0 N–H and O–H groups in total. The first-order chi connectivity index (χ1) is 10.1. The van der Waals surface area contributed by atoms with Gasteiger partial charge in [-0.15, -0.1) is 11.3 Å². The number of hydrogen-bond acceptors (Lipinski definition) is 3. The van der Waals surface area contributed by atoms with E-state index in [0.29, 0.717) is 0 Å². The number of carbonyl (C=O) groups excluding carboxylic acids is 2. The van der Waals surface area contributed by atoms with E-state index in [9.17, 15) is 9.59 Å². The zero-order valence-corrected chi connectivity index (χ0v) is 12.5. The van der Waals surface area contributed by atoms with E-state index in [2.05, 4.69) is 0 Å². The Morgan fingerprint density at radius 3 is 2.19 bits per heavy atom. The van der Waals surface area contributed by atoms with Gasteiger partial charge in [0.1, 0.15) is 0 Å². The Morgan fingerprint density at radius 2 is 1.48 bits per heavy atom. The number of hydrogen-bond donors (Lipinski definition) is 0. The minimum atomic E-state index is 0.0714. The summed E-state index contributed by atoms with van der Waals surface area (Å²) in [5.74, 6) is 0.151. The maximum absolute atomic E-state index is 11.9. The average molecular weight is 292 g/mol. The van der Waals surface area contributed by atoms with Gasteiger partial charge in [-0.25, -0.2) is 0 Å². The molecule has 21 heavy (non-hydrogen) atoms. The predicted molar refractivity (Wildman–Crippen MR) is 88.0 cm³/mol. The maximum Gasteiger partial charge on any atom is 0.161 e. The van der Waals surface area contributed by atoms with Crippen LogP contribution in [0.1, 0.15) is 34.6 Å². The highest BCUT2D eigenvalue weighted by Crippen LogP contribution is 2.43. The monoisotopic (exact) mass is 292 g/mol. The van der Waals surface area contributed by atoms with Crippen molar-refractivity contribution in [2.24, 2.45) is 0 Å². The van der Waals surface area contributed by atoms with E-state index in [0.717, 1.165) is 42.1 Å². The quantitative estimate of drug-likeness (QED) is 0.382. The summed E-state index contributed by atoms with van der Waals surface area (Å²) in [4.78, 5) is 23.7. The first-order valence-corrected chi connectivity index (χ1v) is 7.62. The topological polar surface area (TPSA) is 34.1 Å². The first-order valence-electron chi connectivity index (χ1n) is 6.80. The van der Waals surface area contributed by atoms with Crippen molar-refractivity contribution in [2.45, 2.75) is 13.8 Å². The zero-order valence-electron chi connectivity index (χ0n) is 11.7. The molecule has 2 nitrogen and oxygen atoms in total. The minimum Gasteiger partial charge on any atom is -0.294 e. The second kappa shape index (κ2) is 4.12. The molecule has 0 radical (unpaired) electrons. The van der Waals surface area contributed by atoms with Crippen LogP contribution in [0.2, 0.25) is 0 Å². The van der Waals surface area contributed by atoms with Gasteiger partial charge in [0, 0.05) is 31.3 Å². The Hall–Kier alpha value is -2.26. The third-order valence-corrected chi connectivity index (χ3v) is 5.24. The number of benzene rings is 3. The fraction of sp³-hybridized carbons (Fsp3) is 0.111. The third kappa shape index (κ3) is 1.58. The molecule has 0 aliphatic carbocycles. The van der Waals surface area contributed by atoms with Crippen molar-refractivity contribution >= 4 is 53.8 Å². The normalized spacial score (nSPS) is 11.7. The summed E-state index contributed by atoms with van der Waals surface area (Å²) < 4.78 is 2.16. The minimum absolute atomic E-state index is 0.0714. The third-order valence-electron chi connectivity index (χ3n) is 4.05. The summed E-state index contributed by atoms with van der Waals surface area (Å²) in [5, 5.41) is 4.33. The van der Waals surface area contributed by atoms with Crippen molar-refractivity contribution in [2.75, 3.05) is 0 Å². The van der Waals surface area contributed by atoms with Crippen LogP contribution < -0.4 is 0 Å². The second-order valence-electron chi connectivity index (χ2n) is 5.35. The van der Waals surface area contributed by atoms with Gasteiger partial charge in [-0.2, -0.15) is 0 Å². The molecule has 1 aromatic heterocycles. The van der Waals surface area contributed by atoms with Crippen LogP contribution in [0.25, 0.3) is 30.9 Å². The maximum atomic E-state index is 11.9. The molecular weight excluding hydrogens is 280 g/mol. The van der Waals surface area contributed by atoms with Crippen LogP contribution in [0.5, 0.6) is 0 Å². The lowest BCUT2D eigenvalue weighted by Gasteiger charge is -2.07. The van der Waals surface area contributed by atoms with Crippen molar-refractivity contribution in [3.8, 4) is 0 Å². The lowest BCUT2D eigenvalue weighted by Crippen LogP contribution is -1.94. The van der Waals surface area contributed by atoms with Crippen molar-refractivity contribution in [3.63, 3.8) is 0 Å². The molecule has 4 aromatic rings. The van der Waals surface area contributed by atoms with Crippen LogP contribution in [0, 0.1) is 0 Å². The van der Waals surface area contributed by atoms with Crippen molar-refractivity contribution in [1.29, 1.82) is 0 Å². The van der Waals surface area contributed by atoms with Gasteiger partial charge in [-0.3, -0.25) is 9.59 Å². The Kier molecular flexibility index (Phi) is 2.45. The molecule has 3 aromatic carbocycles. The van der Waals surface area contributed by atoms with E-state index in [1.807, 2.05) is 36.4 Å². The van der Waals surface area contributed by atoms with E-state index in [1.165, 1.54) is 0 Å². The van der Waals surface area contributed by atoms with Gasteiger partial charge in [-0.1, -0.05) is 18.2 Å². The van der Waals surface area contributed by atoms with Gasteiger partial charge in [0.15, 0.2) is 11.6 Å². The molecule has 0 saturated heterocycles. The molecule has 0 unspecified atom stereocenters. The molecule has 1 heterocycles. The molecule has 0 aliphatic rings. The smallest absolute Gasteiger partial charge is 0.161 e. The van der Waals surface area contributed by atoms with Crippen LogP contribution in [0.4, 0.5) is 0 Å².